The van der Waals surface area contributed by atoms with Crippen LogP contribution in [0.3, 0.4) is 0 Å². The van der Waals surface area contributed by atoms with E-state index in [0.29, 0.717) is 17.8 Å². The molecule has 33 heavy (non-hydrogen) atoms. The Kier molecular flexibility index (Phi) is 5.78. The summed E-state index contributed by atoms with van der Waals surface area (Å²) < 4.78 is 71.1. The lowest BCUT2D eigenvalue weighted by Crippen LogP contribution is -2.50. The Balaban J connectivity index is 1.57. The molecule has 2 aromatic carbocycles. The number of para-hydroxylation sites is 1. The topological polar surface area (TPSA) is 110 Å². The summed E-state index contributed by atoms with van der Waals surface area (Å²) in [5.41, 5.74) is -0.962. The third-order valence-electron chi connectivity index (χ3n) is 5.69. The second-order valence-corrected chi connectivity index (χ2v) is 9.53. The Hall–Kier alpha value is -3.19. The fourth-order valence-corrected chi connectivity index (χ4v) is 5.66. The van der Waals surface area contributed by atoms with E-state index in [4.69, 9.17) is 4.74 Å². The largest absolute Gasteiger partial charge is 0.444 e. The first-order valence-electron chi connectivity index (χ1n) is 9.90. The number of carbonyl (C=O) groups excluding carboxylic acids is 1. The zero-order valence-electron chi connectivity index (χ0n) is 17.0. The van der Waals surface area contributed by atoms with Crippen molar-refractivity contribution in [1.82, 2.24) is 4.31 Å². The van der Waals surface area contributed by atoms with Gasteiger partial charge in [-0.3, -0.25) is 15.0 Å². The quantitative estimate of drug-likeness (QED) is 0.480. The van der Waals surface area contributed by atoms with Crippen molar-refractivity contribution in [2.24, 2.45) is 0 Å². The number of hydrogen-bond donors (Lipinski definition) is 0. The third-order valence-corrected chi connectivity index (χ3v) is 7.63. The minimum absolute atomic E-state index is 0.0723. The van der Waals surface area contributed by atoms with Crippen molar-refractivity contribution in [3.05, 3.63) is 63.7 Å². The Morgan fingerprint density at radius 3 is 2.39 bits per heavy atom. The van der Waals surface area contributed by atoms with E-state index < -0.39 is 43.4 Å². The van der Waals surface area contributed by atoms with E-state index in [1.165, 1.54) is 4.90 Å². The molecule has 2 aromatic rings. The second-order valence-electron chi connectivity index (χ2n) is 7.63. The van der Waals surface area contributed by atoms with Crippen LogP contribution in [0.5, 0.6) is 0 Å². The first-order chi connectivity index (χ1) is 15.5. The summed E-state index contributed by atoms with van der Waals surface area (Å²) in [7, 11) is -4.44. The number of ether oxygens (including phenoxy) is 1. The second kappa shape index (κ2) is 8.30. The highest BCUT2D eigenvalue weighted by Crippen LogP contribution is 2.37. The number of fused-ring (bicyclic) bond motifs is 1. The number of benzene rings is 2. The lowest BCUT2D eigenvalue weighted by molar-refractivity contribution is -0.388. The first-order valence-corrected chi connectivity index (χ1v) is 11.3. The molecule has 0 aliphatic carbocycles. The van der Waals surface area contributed by atoms with Gasteiger partial charge in [-0.25, -0.2) is 13.2 Å². The van der Waals surface area contributed by atoms with Crippen LogP contribution in [0.1, 0.15) is 24.0 Å². The summed E-state index contributed by atoms with van der Waals surface area (Å²) in [5.74, 6) is 0. The van der Waals surface area contributed by atoms with Gasteiger partial charge in [0.15, 0.2) is 4.90 Å². The van der Waals surface area contributed by atoms with Crippen LogP contribution >= 0.6 is 0 Å². The van der Waals surface area contributed by atoms with Crippen LogP contribution in [0.15, 0.2) is 47.4 Å². The molecular formula is C20H18F3N3O6S. The molecule has 9 nitrogen and oxygen atoms in total. The predicted molar refractivity (Wildman–Crippen MR) is 109 cm³/mol. The lowest BCUT2D eigenvalue weighted by Gasteiger charge is -2.39. The van der Waals surface area contributed by atoms with Gasteiger partial charge in [-0.15, -0.1) is 0 Å². The number of sulfonamides is 1. The summed E-state index contributed by atoms with van der Waals surface area (Å²) in [6.07, 6.45) is -4.97. The third kappa shape index (κ3) is 4.25. The Morgan fingerprint density at radius 1 is 1.09 bits per heavy atom. The van der Waals surface area contributed by atoms with Crippen LogP contribution in [0.4, 0.5) is 29.3 Å². The van der Waals surface area contributed by atoms with Gasteiger partial charge in [0, 0.05) is 30.8 Å². The van der Waals surface area contributed by atoms with E-state index in [1.54, 1.807) is 12.1 Å². The molecule has 0 bridgehead atoms. The fraction of sp³-hybridized carbons (Fsp3) is 0.350. The van der Waals surface area contributed by atoms with Gasteiger partial charge < -0.3 is 4.74 Å². The van der Waals surface area contributed by atoms with Gasteiger partial charge in [0.05, 0.1) is 16.2 Å². The molecule has 2 aliphatic rings. The van der Waals surface area contributed by atoms with Crippen molar-refractivity contribution < 1.29 is 36.0 Å². The molecule has 0 saturated carbocycles. The van der Waals surface area contributed by atoms with Crippen LogP contribution < -0.4 is 4.90 Å². The average Bonchev–Trinajstić information content (AvgIpc) is 2.78. The minimum atomic E-state index is -4.86. The number of rotatable bonds is 4. The molecule has 1 amide bonds. The van der Waals surface area contributed by atoms with Crippen molar-refractivity contribution in [3.8, 4) is 0 Å². The number of nitro groups is 1. The molecule has 1 fully saturated rings. The average molecular weight is 485 g/mol. The molecular weight excluding hydrogens is 467 g/mol. The number of piperidine rings is 1. The van der Waals surface area contributed by atoms with Crippen LogP contribution in [-0.4, -0.2) is 42.9 Å². The highest BCUT2D eigenvalue weighted by Gasteiger charge is 2.40. The number of amides is 1. The molecule has 4 rings (SSSR count). The molecule has 176 valence electrons. The highest BCUT2D eigenvalue weighted by atomic mass is 32.2. The zero-order valence-corrected chi connectivity index (χ0v) is 17.8. The van der Waals surface area contributed by atoms with E-state index in [1.807, 2.05) is 12.1 Å². The summed E-state index contributed by atoms with van der Waals surface area (Å²) in [5, 5.41) is 11.3. The number of alkyl halides is 3. The van der Waals surface area contributed by atoms with Crippen molar-refractivity contribution in [2.45, 2.75) is 36.6 Å². The lowest BCUT2D eigenvalue weighted by atomic mass is 10.0. The maximum atomic E-state index is 13.1. The predicted octanol–water partition coefficient (Wildman–Crippen LogP) is 3.92. The molecule has 0 spiro atoms. The van der Waals surface area contributed by atoms with E-state index in [2.05, 4.69) is 0 Å². The first kappa shape index (κ1) is 23.0. The number of cyclic esters (lactones) is 1. The number of halogens is 3. The van der Waals surface area contributed by atoms with E-state index in [-0.39, 0.29) is 44.6 Å². The number of hydrogen-bond acceptors (Lipinski definition) is 6. The zero-order chi connectivity index (χ0) is 24.0. The molecule has 0 aromatic heterocycles. The molecule has 0 radical (unpaired) electrons. The number of carbonyl (C=O) groups is 1. The maximum Gasteiger partial charge on any atom is 0.416 e. The van der Waals surface area contributed by atoms with Gasteiger partial charge in [0.2, 0.25) is 10.0 Å². The van der Waals surface area contributed by atoms with Crippen LogP contribution in [-0.2, 0) is 27.5 Å². The van der Waals surface area contributed by atoms with Crippen molar-refractivity contribution in [1.29, 1.82) is 0 Å². The monoisotopic (exact) mass is 485 g/mol. The van der Waals surface area contributed by atoms with E-state index >= 15 is 0 Å². The molecule has 0 atom stereocenters. The molecule has 1 saturated heterocycles. The van der Waals surface area contributed by atoms with Gasteiger partial charge in [0.25, 0.3) is 5.69 Å². The molecule has 2 heterocycles. The Bertz CT molecular complexity index is 1210. The number of anilines is 1. The molecule has 13 heteroatoms. The van der Waals surface area contributed by atoms with E-state index in [0.717, 1.165) is 9.87 Å². The normalized spacial score (nSPS) is 18.0. The van der Waals surface area contributed by atoms with Crippen LogP contribution in [0.25, 0.3) is 0 Å². The number of nitro benzene ring substituents is 1. The van der Waals surface area contributed by atoms with Crippen molar-refractivity contribution in [3.63, 3.8) is 0 Å². The number of nitrogens with zero attached hydrogens (tertiary/aromatic N) is 3. The smallest absolute Gasteiger partial charge is 0.416 e. The minimum Gasteiger partial charge on any atom is -0.444 e. The highest BCUT2D eigenvalue weighted by molar-refractivity contribution is 7.89. The standard InChI is InChI=1S/C20H18F3N3O6S/c21-20(22,23)14-5-6-18(17(11-14)26(28)29)33(30,31)24-9-7-15(8-10-24)25-16-4-2-1-3-13(16)12-32-19(25)27/h1-6,11,15H,7-10,12H2. The molecule has 0 unspecified atom stereocenters. The van der Waals surface area contributed by atoms with Gasteiger partial charge in [-0.2, -0.15) is 17.5 Å². The van der Waals surface area contributed by atoms with Gasteiger partial charge in [-0.05, 0) is 31.0 Å². The van der Waals surface area contributed by atoms with Gasteiger partial charge >= 0.3 is 12.3 Å². The van der Waals surface area contributed by atoms with Crippen molar-refractivity contribution in [2.75, 3.05) is 18.0 Å². The summed E-state index contributed by atoms with van der Waals surface area (Å²) >= 11 is 0. The summed E-state index contributed by atoms with van der Waals surface area (Å²) in [6, 6.07) is 8.14. The fourth-order valence-electron chi connectivity index (χ4n) is 4.06. The van der Waals surface area contributed by atoms with Crippen molar-refractivity contribution >= 4 is 27.5 Å². The van der Waals surface area contributed by atoms with E-state index in [9.17, 15) is 36.5 Å². The molecule has 2 aliphatic heterocycles. The van der Waals surface area contributed by atoms with Crippen LogP contribution in [0.2, 0.25) is 0 Å². The summed E-state index contributed by atoms with van der Waals surface area (Å²) in [4.78, 5) is 23.3. The van der Waals surface area contributed by atoms with Gasteiger partial charge in [-0.1, -0.05) is 18.2 Å². The SMILES string of the molecule is O=C1OCc2ccccc2N1C1CCN(S(=O)(=O)c2ccc(C(F)(F)F)cc2[N+](=O)[O-])CC1. The van der Waals surface area contributed by atoms with Crippen LogP contribution in [0, 0.1) is 10.1 Å². The Labute approximate surface area is 186 Å². The summed E-state index contributed by atoms with van der Waals surface area (Å²) in [6.45, 7) is -0.00936. The Morgan fingerprint density at radius 2 is 1.76 bits per heavy atom. The van der Waals surface area contributed by atoms with Gasteiger partial charge in [0.1, 0.15) is 6.61 Å². The maximum absolute atomic E-state index is 13.1. The molecule has 0 N–H and O–H groups in total.